The first-order valence-electron chi connectivity index (χ1n) is 7.68. The Bertz CT molecular complexity index is 909. The van der Waals surface area contributed by atoms with Crippen LogP contribution in [0.3, 0.4) is 0 Å². The van der Waals surface area contributed by atoms with Gasteiger partial charge in [0.25, 0.3) is 0 Å². The maximum absolute atomic E-state index is 12.3. The van der Waals surface area contributed by atoms with Gasteiger partial charge in [-0.1, -0.05) is 41.9 Å². The second-order valence-electron chi connectivity index (χ2n) is 5.34. The zero-order valence-corrected chi connectivity index (χ0v) is 14.2. The summed E-state index contributed by atoms with van der Waals surface area (Å²) >= 11 is 6.25. The monoisotopic (exact) mass is 340 g/mol. The van der Waals surface area contributed by atoms with E-state index in [1.807, 2.05) is 43.3 Å². The van der Waals surface area contributed by atoms with Crippen LogP contribution in [0, 0.1) is 6.92 Å². The second-order valence-corrected chi connectivity index (χ2v) is 5.75. The number of nitrogens with zero attached hydrogens (tertiary/aromatic N) is 1. The van der Waals surface area contributed by atoms with Gasteiger partial charge in [0.05, 0.1) is 22.8 Å². The van der Waals surface area contributed by atoms with Crippen molar-refractivity contribution in [3.05, 3.63) is 64.8 Å². The minimum atomic E-state index is -0.414. The van der Waals surface area contributed by atoms with Crippen molar-refractivity contribution < 1.29 is 9.53 Å². The quantitative estimate of drug-likeness (QED) is 0.670. The van der Waals surface area contributed by atoms with Crippen LogP contribution in [0.2, 0.25) is 5.02 Å². The number of esters is 1. The van der Waals surface area contributed by atoms with Gasteiger partial charge in [-0.15, -0.1) is 0 Å². The Balaban J connectivity index is 2.21. The molecule has 5 heteroatoms. The topological polar surface area (TPSA) is 51.2 Å². The number of rotatable bonds is 4. The molecule has 2 aromatic carbocycles. The van der Waals surface area contributed by atoms with E-state index in [1.54, 1.807) is 13.0 Å². The van der Waals surface area contributed by atoms with Crippen molar-refractivity contribution in [2.24, 2.45) is 0 Å². The Hall–Kier alpha value is -2.59. The van der Waals surface area contributed by atoms with Gasteiger partial charge in [0, 0.05) is 17.3 Å². The predicted octanol–water partition coefficient (Wildman–Crippen LogP) is 5.12. The number of ether oxygens (including phenoxy) is 1. The number of fused-ring (bicyclic) bond motifs is 1. The number of halogens is 1. The molecule has 0 amide bonds. The second kappa shape index (κ2) is 6.89. The lowest BCUT2D eigenvalue weighted by Crippen LogP contribution is -2.09. The van der Waals surface area contributed by atoms with E-state index >= 15 is 0 Å². The van der Waals surface area contributed by atoms with Crippen LogP contribution in [-0.2, 0) is 4.74 Å². The molecule has 0 bridgehead atoms. The Morgan fingerprint density at radius 3 is 2.75 bits per heavy atom. The number of carbonyl (C=O) groups excluding carboxylic acids is 1. The molecule has 1 N–H and O–H groups in total. The number of aryl methyl sites for hydroxylation is 1. The zero-order chi connectivity index (χ0) is 17.1. The Morgan fingerprint density at radius 1 is 1.21 bits per heavy atom. The number of anilines is 2. The fourth-order valence-corrected chi connectivity index (χ4v) is 2.76. The van der Waals surface area contributed by atoms with E-state index in [0.29, 0.717) is 28.4 Å². The lowest BCUT2D eigenvalue weighted by Gasteiger charge is -2.16. The van der Waals surface area contributed by atoms with Crippen LogP contribution >= 0.6 is 11.6 Å². The molecule has 1 aromatic heterocycles. The predicted molar refractivity (Wildman–Crippen MR) is 97.2 cm³/mol. The number of para-hydroxylation sites is 2. The van der Waals surface area contributed by atoms with Crippen LogP contribution < -0.4 is 5.32 Å². The Labute approximate surface area is 145 Å². The van der Waals surface area contributed by atoms with Crippen LogP contribution in [0.4, 0.5) is 11.4 Å². The van der Waals surface area contributed by atoms with Crippen LogP contribution in [0.25, 0.3) is 10.9 Å². The third kappa shape index (κ3) is 3.05. The molecule has 4 nitrogen and oxygen atoms in total. The summed E-state index contributed by atoms with van der Waals surface area (Å²) in [6, 6.07) is 13.4. The van der Waals surface area contributed by atoms with E-state index in [1.165, 1.54) is 6.20 Å². The van der Waals surface area contributed by atoms with E-state index < -0.39 is 5.97 Å². The smallest absolute Gasteiger partial charge is 0.341 e. The van der Waals surface area contributed by atoms with Crippen molar-refractivity contribution in [3.8, 4) is 0 Å². The minimum Gasteiger partial charge on any atom is -0.462 e. The number of hydrogen-bond donors (Lipinski definition) is 1. The first-order valence-corrected chi connectivity index (χ1v) is 8.06. The van der Waals surface area contributed by atoms with Crippen LogP contribution in [0.1, 0.15) is 22.8 Å². The summed E-state index contributed by atoms with van der Waals surface area (Å²) in [5.74, 6) is -0.414. The summed E-state index contributed by atoms with van der Waals surface area (Å²) < 4.78 is 5.16. The third-order valence-electron chi connectivity index (χ3n) is 3.75. The van der Waals surface area contributed by atoms with E-state index in [9.17, 15) is 4.79 Å². The van der Waals surface area contributed by atoms with Crippen molar-refractivity contribution in [3.63, 3.8) is 0 Å². The first-order chi connectivity index (χ1) is 11.6. The summed E-state index contributed by atoms with van der Waals surface area (Å²) in [5.41, 5.74) is 3.66. The summed E-state index contributed by atoms with van der Waals surface area (Å²) in [6.45, 7) is 4.08. The third-order valence-corrected chi connectivity index (χ3v) is 4.05. The molecule has 0 unspecified atom stereocenters. The maximum atomic E-state index is 12.3. The standard InChI is InChI=1S/C19H17ClN2O2/c1-3-24-19(23)14-11-21-18-13(8-6-9-15(18)20)17(14)22-16-10-5-4-7-12(16)2/h4-11H,3H2,1-2H3,(H,21,22). The molecule has 24 heavy (non-hydrogen) atoms. The van der Waals surface area contributed by atoms with E-state index in [2.05, 4.69) is 10.3 Å². The van der Waals surface area contributed by atoms with Crippen molar-refractivity contribution in [1.82, 2.24) is 4.98 Å². The molecule has 0 aliphatic rings. The van der Waals surface area contributed by atoms with Gasteiger partial charge in [0.1, 0.15) is 5.56 Å². The van der Waals surface area contributed by atoms with E-state index in [-0.39, 0.29) is 0 Å². The molecule has 0 saturated heterocycles. The molecule has 0 aliphatic heterocycles. The number of nitrogens with one attached hydrogen (secondary N) is 1. The molecule has 0 saturated carbocycles. The number of aromatic nitrogens is 1. The lowest BCUT2D eigenvalue weighted by atomic mass is 10.1. The molecule has 0 fully saturated rings. The average Bonchev–Trinajstić information content (AvgIpc) is 2.58. The van der Waals surface area contributed by atoms with Crippen LogP contribution in [0.15, 0.2) is 48.7 Å². The molecule has 1 heterocycles. The molecule has 0 radical (unpaired) electrons. The van der Waals surface area contributed by atoms with Gasteiger partial charge in [-0.05, 0) is 31.5 Å². The molecule has 122 valence electrons. The van der Waals surface area contributed by atoms with Gasteiger partial charge in [-0.2, -0.15) is 0 Å². The van der Waals surface area contributed by atoms with Gasteiger partial charge in [0.2, 0.25) is 0 Å². The summed E-state index contributed by atoms with van der Waals surface area (Å²) in [5, 5.41) is 4.66. The van der Waals surface area contributed by atoms with Crippen molar-refractivity contribution in [1.29, 1.82) is 0 Å². The normalized spacial score (nSPS) is 10.6. The lowest BCUT2D eigenvalue weighted by molar-refractivity contribution is 0.0527. The largest absolute Gasteiger partial charge is 0.462 e. The zero-order valence-electron chi connectivity index (χ0n) is 13.5. The summed E-state index contributed by atoms with van der Waals surface area (Å²) in [6.07, 6.45) is 1.51. The summed E-state index contributed by atoms with van der Waals surface area (Å²) in [7, 11) is 0. The first kappa shape index (κ1) is 16.3. The molecule has 0 spiro atoms. The van der Waals surface area contributed by atoms with Crippen LogP contribution in [0.5, 0.6) is 0 Å². The SMILES string of the molecule is CCOC(=O)c1cnc2c(Cl)cccc2c1Nc1ccccc1C. The van der Waals surface area contributed by atoms with Gasteiger partial charge in [-0.25, -0.2) is 4.79 Å². The fraction of sp³-hybridized carbons (Fsp3) is 0.158. The molecular formula is C19H17ClN2O2. The Morgan fingerprint density at radius 2 is 2.00 bits per heavy atom. The number of pyridine rings is 1. The average molecular weight is 341 g/mol. The summed E-state index contributed by atoms with van der Waals surface area (Å²) in [4.78, 5) is 16.7. The van der Waals surface area contributed by atoms with Crippen molar-refractivity contribution in [2.75, 3.05) is 11.9 Å². The molecule has 0 atom stereocenters. The highest BCUT2D eigenvalue weighted by Gasteiger charge is 2.18. The van der Waals surface area contributed by atoms with Crippen molar-refractivity contribution >= 4 is 39.8 Å². The highest BCUT2D eigenvalue weighted by molar-refractivity contribution is 6.35. The molecular weight excluding hydrogens is 324 g/mol. The van der Waals surface area contributed by atoms with Gasteiger partial charge in [-0.3, -0.25) is 4.98 Å². The minimum absolute atomic E-state index is 0.302. The number of hydrogen-bond acceptors (Lipinski definition) is 4. The van der Waals surface area contributed by atoms with Gasteiger partial charge in [0.15, 0.2) is 0 Å². The highest BCUT2D eigenvalue weighted by atomic mass is 35.5. The van der Waals surface area contributed by atoms with Gasteiger partial charge >= 0.3 is 5.97 Å². The number of benzene rings is 2. The Kier molecular flexibility index (Phi) is 4.67. The highest BCUT2D eigenvalue weighted by Crippen LogP contribution is 2.33. The fourth-order valence-electron chi connectivity index (χ4n) is 2.53. The van der Waals surface area contributed by atoms with Crippen LogP contribution in [-0.4, -0.2) is 17.6 Å². The van der Waals surface area contributed by atoms with Crippen molar-refractivity contribution in [2.45, 2.75) is 13.8 Å². The molecule has 3 aromatic rings. The van der Waals surface area contributed by atoms with E-state index in [4.69, 9.17) is 16.3 Å². The van der Waals surface area contributed by atoms with E-state index in [0.717, 1.165) is 16.6 Å². The van der Waals surface area contributed by atoms with Gasteiger partial charge < -0.3 is 10.1 Å². The molecule has 0 aliphatic carbocycles. The maximum Gasteiger partial charge on any atom is 0.341 e. The number of carbonyl (C=O) groups is 1. The molecule has 3 rings (SSSR count).